The molecule has 13 heteroatoms. The molecule has 1 fully saturated rings. The lowest BCUT2D eigenvalue weighted by Crippen LogP contribution is -2.30. The van der Waals surface area contributed by atoms with Crippen LogP contribution in [0.5, 0.6) is 0 Å². The van der Waals surface area contributed by atoms with Crippen molar-refractivity contribution in [3.05, 3.63) is 83.4 Å². The number of rotatable bonds is 4. The molecule has 5 aromatic rings. The summed E-state index contributed by atoms with van der Waals surface area (Å²) in [7, 11) is 0. The fourth-order valence-electron chi connectivity index (χ4n) is 4.51. The zero-order valence-electron chi connectivity index (χ0n) is 21.1. The smallest absolute Gasteiger partial charge is 0.281 e. The number of para-hydroxylation sites is 1. The second-order valence-electron chi connectivity index (χ2n) is 9.01. The summed E-state index contributed by atoms with van der Waals surface area (Å²) in [6.07, 6.45) is -1.57. The number of amides is 1. The average molecular weight is 561 g/mol. The van der Waals surface area contributed by atoms with Crippen molar-refractivity contribution in [2.24, 2.45) is 10.2 Å². The second-order valence-corrected chi connectivity index (χ2v) is 9.95. The van der Waals surface area contributed by atoms with Crippen molar-refractivity contribution in [3.63, 3.8) is 0 Å². The lowest BCUT2D eigenvalue weighted by Gasteiger charge is -2.20. The van der Waals surface area contributed by atoms with E-state index in [9.17, 15) is 18.0 Å². The number of hydrogen-bond donors (Lipinski definition) is 0. The molecule has 0 radical (unpaired) electrons. The van der Waals surface area contributed by atoms with Gasteiger partial charge in [0.2, 0.25) is 5.91 Å². The Morgan fingerprint density at radius 3 is 2.52 bits per heavy atom. The maximum Gasteiger partial charge on any atom is 0.435 e. The van der Waals surface area contributed by atoms with Crippen LogP contribution in [0.2, 0.25) is 0 Å². The minimum Gasteiger partial charge on any atom is -0.281 e. The Balaban J connectivity index is 1.28. The first-order chi connectivity index (χ1) is 19.2. The van der Waals surface area contributed by atoms with Gasteiger partial charge < -0.3 is 0 Å². The number of aromatic nitrogens is 5. The molecular weight excluding hydrogens is 541 g/mol. The first-order valence-electron chi connectivity index (χ1n) is 12.0. The van der Waals surface area contributed by atoms with Crippen molar-refractivity contribution in [2.75, 3.05) is 10.7 Å². The number of pyridine rings is 1. The quantitative estimate of drug-likeness (QED) is 0.213. The van der Waals surface area contributed by atoms with E-state index >= 15 is 0 Å². The predicted octanol–water partition coefficient (Wildman–Crippen LogP) is 5.47. The molecule has 3 aromatic heterocycles. The van der Waals surface area contributed by atoms with Gasteiger partial charge in [-0.2, -0.15) is 18.3 Å². The van der Waals surface area contributed by atoms with Crippen molar-refractivity contribution < 1.29 is 18.0 Å². The number of amidine groups is 1. The van der Waals surface area contributed by atoms with Gasteiger partial charge >= 0.3 is 6.18 Å². The number of anilines is 1. The Labute approximate surface area is 229 Å². The molecule has 2 aromatic carbocycles. The van der Waals surface area contributed by atoms with Crippen LogP contribution >= 0.6 is 11.8 Å². The Hall–Kier alpha value is -4.65. The molecule has 0 bridgehead atoms. The van der Waals surface area contributed by atoms with E-state index in [1.807, 2.05) is 38.1 Å². The van der Waals surface area contributed by atoms with Gasteiger partial charge in [-0.1, -0.05) is 30.0 Å². The Bertz CT molecular complexity index is 1830. The standard InChI is InChI=1S/C27H19F3N8OS/c1-15-4-3-5-16(2)25(15)38-23(39)13-40-26(38)36-32-12-17-6-7-18-19(33-17)8-9-20-24(18)31-14-37(20)22-11-10-21(34-35-22)27(28,29)30/h3-12,14H,13H2,1-2H3/b32-12+,36-26-. The fourth-order valence-corrected chi connectivity index (χ4v) is 5.32. The number of alkyl halides is 3. The first-order valence-corrected chi connectivity index (χ1v) is 13.0. The number of nitrogens with zero attached hydrogens (tertiary/aromatic N) is 8. The van der Waals surface area contributed by atoms with Crippen molar-refractivity contribution in [3.8, 4) is 5.82 Å². The zero-order valence-corrected chi connectivity index (χ0v) is 21.9. The highest BCUT2D eigenvalue weighted by atomic mass is 32.2. The highest BCUT2D eigenvalue weighted by Crippen LogP contribution is 2.32. The predicted molar refractivity (Wildman–Crippen MR) is 148 cm³/mol. The van der Waals surface area contributed by atoms with E-state index in [0.29, 0.717) is 27.4 Å². The second kappa shape index (κ2) is 9.83. The summed E-state index contributed by atoms with van der Waals surface area (Å²) in [6, 6.07) is 15.1. The van der Waals surface area contributed by atoms with Crippen LogP contribution in [0.25, 0.3) is 27.8 Å². The van der Waals surface area contributed by atoms with E-state index in [1.165, 1.54) is 30.4 Å². The summed E-state index contributed by atoms with van der Waals surface area (Å²) in [6.45, 7) is 3.91. The van der Waals surface area contributed by atoms with Crippen molar-refractivity contribution in [1.82, 2.24) is 24.7 Å². The SMILES string of the molecule is Cc1cccc(C)c1N1C(=O)CS/C1=N\N=C\c1ccc2c(ccc3c2ncn3-c2ccc(C(F)(F)F)nn2)n1. The fraction of sp³-hybridized carbons (Fsp3) is 0.148. The monoisotopic (exact) mass is 560 g/mol. The number of carbonyl (C=O) groups excluding carboxylic acids is 1. The molecule has 40 heavy (non-hydrogen) atoms. The van der Waals surface area contributed by atoms with Crippen LogP contribution in [-0.2, 0) is 11.0 Å². The molecule has 0 spiro atoms. The lowest BCUT2D eigenvalue weighted by molar-refractivity contribution is -0.141. The van der Waals surface area contributed by atoms with E-state index in [1.54, 1.807) is 27.7 Å². The number of hydrogen-bond acceptors (Lipinski definition) is 8. The van der Waals surface area contributed by atoms with Gasteiger partial charge in [0.05, 0.1) is 39.9 Å². The average Bonchev–Trinajstić information content (AvgIpc) is 3.52. The normalized spacial score (nSPS) is 15.4. The van der Waals surface area contributed by atoms with Crippen LogP contribution in [0, 0.1) is 13.8 Å². The van der Waals surface area contributed by atoms with E-state index in [2.05, 4.69) is 30.4 Å². The molecule has 0 aliphatic carbocycles. The number of benzene rings is 2. The molecule has 1 aliphatic heterocycles. The number of aryl methyl sites for hydroxylation is 2. The molecule has 0 N–H and O–H groups in total. The van der Waals surface area contributed by atoms with Gasteiger partial charge in [-0.15, -0.1) is 15.3 Å². The summed E-state index contributed by atoms with van der Waals surface area (Å²) in [5.41, 5.74) is 4.16. The third-order valence-corrected chi connectivity index (χ3v) is 7.27. The van der Waals surface area contributed by atoms with Crippen LogP contribution in [-0.4, -0.2) is 47.8 Å². The van der Waals surface area contributed by atoms with Crippen LogP contribution in [0.4, 0.5) is 18.9 Å². The topological polar surface area (TPSA) is 102 Å². The summed E-state index contributed by atoms with van der Waals surface area (Å²) in [5, 5.41) is 16.8. The van der Waals surface area contributed by atoms with Gasteiger partial charge in [0, 0.05) is 5.39 Å². The molecule has 200 valence electrons. The number of thioether (sulfide) groups is 1. The highest BCUT2D eigenvalue weighted by Gasteiger charge is 2.33. The third-order valence-electron chi connectivity index (χ3n) is 6.35. The number of halogens is 3. The maximum absolute atomic E-state index is 12.8. The number of carbonyl (C=O) groups is 1. The van der Waals surface area contributed by atoms with Crippen LogP contribution in [0.1, 0.15) is 22.5 Å². The molecule has 0 saturated carbocycles. The van der Waals surface area contributed by atoms with Crippen LogP contribution in [0.15, 0.2) is 71.1 Å². The van der Waals surface area contributed by atoms with Gasteiger partial charge in [-0.3, -0.25) is 14.3 Å². The van der Waals surface area contributed by atoms with Crippen molar-refractivity contribution in [1.29, 1.82) is 0 Å². The molecule has 4 heterocycles. The van der Waals surface area contributed by atoms with Gasteiger partial charge in [0.15, 0.2) is 16.7 Å². The molecule has 1 saturated heterocycles. The molecule has 6 rings (SSSR count). The molecule has 1 aliphatic rings. The highest BCUT2D eigenvalue weighted by molar-refractivity contribution is 8.15. The van der Waals surface area contributed by atoms with E-state index in [-0.39, 0.29) is 17.5 Å². The Kier molecular flexibility index (Phi) is 6.29. The molecular formula is C27H19F3N8OS. The summed E-state index contributed by atoms with van der Waals surface area (Å²) in [4.78, 5) is 23.3. The molecule has 1 amide bonds. The van der Waals surface area contributed by atoms with Gasteiger partial charge in [0.25, 0.3) is 0 Å². The van der Waals surface area contributed by atoms with Gasteiger partial charge in [0.1, 0.15) is 6.33 Å². The van der Waals surface area contributed by atoms with Crippen LogP contribution < -0.4 is 4.90 Å². The summed E-state index contributed by atoms with van der Waals surface area (Å²) < 4.78 is 40.1. The Morgan fingerprint density at radius 1 is 1.00 bits per heavy atom. The largest absolute Gasteiger partial charge is 0.435 e. The lowest BCUT2D eigenvalue weighted by atomic mass is 10.1. The minimum absolute atomic E-state index is 0.0501. The van der Waals surface area contributed by atoms with Gasteiger partial charge in [-0.05, 0) is 61.4 Å². The van der Waals surface area contributed by atoms with Gasteiger partial charge in [-0.25, -0.2) is 9.97 Å². The zero-order chi connectivity index (χ0) is 28.0. The third kappa shape index (κ3) is 4.57. The Morgan fingerprint density at radius 2 is 1.80 bits per heavy atom. The van der Waals surface area contributed by atoms with E-state index in [0.717, 1.165) is 28.3 Å². The number of imidazole rings is 1. The van der Waals surface area contributed by atoms with E-state index in [4.69, 9.17) is 0 Å². The van der Waals surface area contributed by atoms with E-state index < -0.39 is 11.9 Å². The summed E-state index contributed by atoms with van der Waals surface area (Å²) in [5.74, 6) is 0.451. The van der Waals surface area contributed by atoms with Crippen molar-refractivity contribution >= 4 is 56.7 Å². The minimum atomic E-state index is -4.57. The van der Waals surface area contributed by atoms with Crippen molar-refractivity contribution in [2.45, 2.75) is 20.0 Å². The number of fused-ring (bicyclic) bond motifs is 3. The maximum atomic E-state index is 12.8. The summed E-state index contributed by atoms with van der Waals surface area (Å²) >= 11 is 1.33. The molecule has 9 nitrogen and oxygen atoms in total. The first kappa shape index (κ1) is 25.6. The molecule has 0 unspecified atom stereocenters. The molecule has 0 atom stereocenters. The van der Waals surface area contributed by atoms with Crippen LogP contribution in [0.3, 0.4) is 0 Å².